The molecule has 1 aliphatic heterocycles. The number of rotatable bonds is 3. The molecule has 1 aromatic rings. The standard InChI is InChI=1S/C12H16N2O2.ClH/c15-10-4-3-9(8-11(10)16)5-7-14-12-2-1-6-13-12;/h3-4,8,15-16H,1-2,5-7H2,(H,13,14);1H. The van der Waals surface area contributed by atoms with E-state index in [4.69, 9.17) is 5.11 Å². The highest BCUT2D eigenvalue weighted by Crippen LogP contribution is 2.24. The van der Waals surface area contributed by atoms with Gasteiger partial charge in [0.2, 0.25) is 0 Å². The van der Waals surface area contributed by atoms with Gasteiger partial charge in [0.25, 0.3) is 0 Å². The van der Waals surface area contributed by atoms with Crippen LogP contribution in [0.1, 0.15) is 18.4 Å². The molecule has 5 heteroatoms. The second-order valence-corrected chi connectivity index (χ2v) is 3.93. The summed E-state index contributed by atoms with van der Waals surface area (Å²) in [5.74, 6) is 0.954. The lowest BCUT2D eigenvalue weighted by molar-refractivity contribution is 0.403. The average Bonchev–Trinajstić information content (AvgIpc) is 2.76. The van der Waals surface area contributed by atoms with Gasteiger partial charge in [0.15, 0.2) is 11.5 Å². The fourth-order valence-electron chi connectivity index (χ4n) is 1.76. The number of phenols is 2. The second-order valence-electron chi connectivity index (χ2n) is 3.93. The zero-order chi connectivity index (χ0) is 11.4. The van der Waals surface area contributed by atoms with E-state index in [-0.39, 0.29) is 23.9 Å². The Bertz CT molecular complexity index is 407. The van der Waals surface area contributed by atoms with Crippen LogP contribution in [0.15, 0.2) is 23.2 Å². The van der Waals surface area contributed by atoms with E-state index in [1.54, 1.807) is 6.07 Å². The molecule has 4 nitrogen and oxygen atoms in total. The Labute approximate surface area is 107 Å². The molecule has 2 rings (SSSR count). The van der Waals surface area contributed by atoms with Crippen molar-refractivity contribution >= 4 is 18.2 Å². The van der Waals surface area contributed by atoms with Crippen molar-refractivity contribution in [1.29, 1.82) is 0 Å². The van der Waals surface area contributed by atoms with Crippen LogP contribution < -0.4 is 5.32 Å². The van der Waals surface area contributed by atoms with Crippen LogP contribution >= 0.6 is 12.4 Å². The molecule has 0 aromatic heterocycles. The minimum Gasteiger partial charge on any atom is -0.504 e. The molecule has 0 unspecified atom stereocenters. The predicted molar refractivity (Wildman–Crippen MR) is 70.3 cm³/mol. The van der Waals surface area contributed by atoms with Gasteiger partial charge in [0.1, 0.15) is 0 Å². The van der Waals surface area contributed by atoms with Gasteiger partial charge >= 0.3 is 0 Å². The molecule has 1 aliphatic rings. The molecule has 1 aromatic carbocycles. The summed E-state index contributed by atoms with van der Waals surface area (Å²) < 4.78 is 0. The van der Waals surface area contributed by atoms with Gasteiger partial charge in [-0.05, 0) is 30.5 Å². The summed E-state index contributed by atoms with van der Waals surface area (Å²) in [6.07, 6.45) is 3.00. The number of phenolic OH excluding ortho intramolecular Hbond substituents is 2. The number of hydrogen-bond donors (Lipinski definition) is 3. The summed E-state index contributed by atoms with van der Waals surface area (Å²) in [6, 6.07) is 4.92. The monoisotopic (exact) mass is 256 g/mol. The van der Waals surface area contributed by atoms with Crippen LogP contribution in [-0.4, -0.2) is 29.1 Å². The Morgan fingerprint density at radius 3 is 2.71 bits per heavy atom. The Morgan fingerprint density at radius 2 is 2.06 bits per heavy atom. The molecule has 0 bridgehead atoms. The summed E-state index contributed by atoms with van der Waals surface area (Å²) in [4.78, 5) is 4.31. The summed E-state index contributed by atoms with van der Waals surface area (Å²) in [6.45, 7) is 1.74. The first-order valence-electron chi connectivity index (χ1n) is 5.54. The topological polar surface area (TPSA) is 64.8 Å². The van der Waals surface area contributed by atoms with Crippen molar-refractivity contribution in [3.63, 3.8) is 0 Å². The molecular formula is C12H17ClN2O2. The average molecular weight is 257 g/mol. The molecule has 3 N–H and O–H groups in total. The SMILES string of the molecule is Cl.Oc1ccc(CCNC2=NCCC2)cc1O. The fraction of sp³-hybridized carbons (Fsp3) is 0.417. The third-order valence-electron chi connectivity index (χ3n) is 2.66. The molecule has 0 spiro atoms. The van der Waals surface area contributed by atoms with Crippen LogP contribution in [0.2, 0.25) is 0 Å². The zero-order valence-electron chi connectivity index (χ0n) is 9.52. The maximum Gasteiger partial charge on any atom is 0.157 e. The molecule has 0 fully saturated rings. The first-order chi connectivity index (χ1) is 7.75. The fourth-order valence-corrected chi connectivity index (χ4v) is 1.76. The van der Waals surface area contributed by atoms with Gasteiger partial charge in [-0.2, -0.15) is 0 Å². The number of amidine groups is 1. The first kappa shape index (κ1) is 13.6. The van der Waals surface area contributed by atoms with Gasteiger partial charge < -0.3 is 15.5 Å². The largest absolute Gasteiger partial charge is 0.504 e. The second kappa shape index (κ2) is 6.35. The van der Waals surface area contributed by atoms with E-state index in [0.717, 1.165) is 43.8 Å². The van der Waals surface area contributed by atoms with E-state index in [9.17, 15) is 5.11 Å². The van der Waals surface area contributed by atoms with E-state index < -0.39 is 0 Å². The number of nitrogens with zero attached hydrogens (tertiary/aromatic N) is 1. The summed E-state index contributed by atoms with van der Waals surface area (Å²) in [5.41, 5.74) is 1.00. The van der Waals surface area contributed by atoms with Crippen molar-refractivity contribution in [3.8, 4) is 11.5 Å². The highest BCUT2D eigenvalue weighted by molar-refractivity contribution is 5.85. The number of benzene rings is 1. The van der Waals surface area contributed by atoms with E-state index in [2.05, 4.69) is 10.3 Å². The van der Waals surface area contributed by atoms with Gasteiger partial charge in [0.05, 0.1) is 5.84 Å². The normalized spacial score (nSPS) is 14.0. The molecule has 17 heavy (non-hydrogen) atoms. The molecule has 1 heterocycles. The number of halogens is 1. The third kappa shape index (κ3) is 3.82. The summed E-state index contributed by atoms with van der Waals surface area (Å²) in [5, 5.41) is 21.7. The lowest BCUT2D eigenvalue weighted by atomic mass is 10.1. The van der Waals surface area contributed by atoms with Gasteiger partial charge in [-0.25, -0.2) is 0 Å². The number of aromatic hydroxyl groups is 2. The van der Waals surface area contributed by atoms with Crippen molar-refractivity contribution in [3.05, 3.63) is 23.8 Å². The van der Waals surface area contributed by atoms with Crippen LogP contribution in [0, 0.1) is 0 Å². The molecule has 0 aliphatic carbocycles. The van der Waals surface area contributed by atoms with Gasteiger partial charge in [-0.1, -0.05) is 6.07 Å². The van der Waals surface area contributed by atoms with Crippen LogP contribution in [0.3, 0.4) is 0 Å². The highest BCUT2D eigenvalue weighted by Gasteiger charge is 2.05. The summed E-state index contributed by atoms with van der Waals surface area (Å²) in [7, 11) is 0. The number of aliphatic imine (C=N–C) groups is 1. The lowest BCUT2D eigenvalue weighted by Gasteiger charge is -2.06. The van der Waals surface area contributed by atoms with Crippen molar-refractivity contribution in [2.45, 2.75) is 19.3 Å². The molecule has 0 saturated heterocycles. The Hall–Kier alpha value is -1.42. The number of hydrogen-bond acceptors (Lipinski definition) is 4. The molecule has 94 valence electrons. The quantitative estimate of drug-likeness (QED) is 0.723. The lowest BCUT2D eigenvalue weighted by Crippen LogP contribution is -2.23. The van der Waals surface area contributed by atoms with Gasteiger partial charge in [0, 0.05) is 19.5 Å². The molecule has 0 amide bonds. The van der Waals surface area contributed by atoms with Crippen LogP contribution in [0.4, 0.5) is 0 Å². The Kier molecular flexibility index (Phi) is 5.10. The molecule has 0 atom stereocenters. The van der Waals surface area contributed by atoms with E-state index in [1.165, 1.54) is 6.07 Å². The van der Waals surface area contributed by atoms with Crippen molar-refractivity contribution in [1.82, 2.24) is 5.32 Å². The van der Waals surface area contributed by atoms with Crippen molar-refractivity contribution in [2.75, 3.05) is 13.1 Å². The number of nitrogens with one attached hydrogen (secondary N) is 1. The van der Waals surface area contributed by atoms with Gasteiger partial charge in [-0.3, -0.25) is 4.99 Å². The van der Waals surface area contributed by atoms with E-state index >= 15 is 0 Å². The summed E-state index contributed by atoms with van der Waals surface area (Å²) >= 11 is 0. The van der Waals surface area contributed by atoms with Crippen molar-refractivity contribution in [2.24, 2.45) is 4.99 Å². The molecule has 0 radical (unpaired) electrons. The zero-order valence-corrected chi connectivity index (χ0v) is 10.3. The Morgan fingerprint density at radius 1 is 1.24 bits per heavy atom. The van der Waals surface area contributed by atoms with Crippen molar-refractivity contribution < 1.29 is 10.2 Å². The van der Waals surface area contributed by atoms with Crippen LogP contribution in [0.5, 0.6) is 11.5 Å². The third-order valence-corrected chi connectivity index (χ3v) is 2.66. The maximum atomic E-state index is 9.32. The van der Waals surface area contributed by atoms with E-state index in [0.29, 0.717) is 0 Å². The van der Waals surface area contributed by atoms with Gasteiger partial charge in [-0.15, -0.1) is 12.4 Å². The maximum absolute atomic E-state index is 9.32. The molecule has 0 saturated carbocycles. The van der Waals surface area contributed by atoms with Crippen LogP contribution in [0.25, 0.3) is 0 Å². The minimum atomic E-state index is -0.0723. The Balaban J connectivity index is 0.00000144. The predicted octanol–water partition coefficient (Wildman–Crippen LogP) is 1.84. The highest BCUT2D eigenvalue weighted by atomic mass is 35.5. The van der Waals surface area contributed by atoms with E-state index in [1.807, 2.05) is 6.07 Å². The molecular weight excluding hydrogens is 240 g/mol. The van der Waals surface area contributed by atoms with Crippen LogP contribution in [-0.2, 0) is 6.42 Å². The first-order valence-corrected chi connectivity index (χ1v) is 5.54. The smallest absolute Gasteiger partial charge is 0.157 e. The minimum absolute atomic E-state index is 0.